The molecular weight excluding hydrogens is 277 g/mol. The molecule has 0 spiro atoms. The average molecular weight is 289 g/mol. The van der Waals surface area contributed by atoms with Gasteiger partial charge < -0.3 is 10.4 Å². The van der Waals surface area contributed by atoms with Crippen LogP contribution >= 0.6 is 0 Å². The van der Waals surface area contributed by atoms with Crippen LogP contribution in [0.25, 0.3) is 0 Å². The second-order valence-electron chi connectivity index (χ2n) is 3.82. The number of benzene rings is 1. The second kappa shape index (κ2) is 5.79. The number of hydrogen-bond acceptors (Lipinski definition) is 4. The van der Waals surface area contributed by atoms with E-state index in [2.05, 4.69) is 5.32 Å². The molecule has 0 aliphatic heterocycles. The first-order valence-corrected chi connectivity index (χ1v) is 6.94. The molecule has 2 N–H and O–H groups in total. The quantitative estimate of drug-likeness (QED) is 0.829. The standard InChI is InChI=1S/C11H12FNO5S/c1-7(11(15)16)19(17,18)6-10(14)13-9-5-3-2-4-8(9)12/h2-5,7H,6H2,1H3,(H,13,14)(H,15,16). The van der Waals surface area contributed by atoms with Gasteiger partial charge in [-0.1, -0.05) is 12.1 Å². The number of rotatable bonds is 5. The summed E-state index contributed by atoms with van der Waals surface area (Å²) in [7, 11) is -4.13. The Morgan fingerprint density at radius 3 is 2.47 bits per heavy atom. The van der Waals surface area contributed by atoms with Gasteiger partial charge in [-0.25, -0.2) is 12.8 Å². The molecule has 0 aliphatic carbocycles. The first-order chi connectivity index (χ1) is 8.74. The van der Waals surface area contributed by atoms with Gasteiger partial charge in [0.15, 0.2) is 15.1 Å². The van der Waals surface area contributed by atoms with E-state index in [4.69, 9.17) is 5.11 Å². The van der Waals surface area contributed by atoms with E-state index in [1.54, 1.807) is 0 Å². The lowest BCUT2D eigenvalue weighted by molar-refractivity contribution is -0.136. The van der Waals surface area contributed by atoms with Crippen molar-refractivity contribution in [1.29, 1.82) is 0 Å². The van der Waals surface area contributed by atoms with Crippen molar-refractivity contribution in [3.8, 4) is 0 Å². The van der Waals surface area contributed by atoms with Crippen LogP contribution in [0.3, 0.4) is 0 Å². The molecule has 0 radical (unpaired) electrons. The summed E-state index contributed by atoms with van der Waals surface area (Å²) in [5, 5.41) is 8.97. The lowest BCUT2D eigenvalue weighted by Crippen LogP contribution is -2.34. The van der Waals surface area contributed by atoms with Crippen LogP contribution in [-0.2, 0) is 19.4 Å². The minimum Gasteiger partial charge on any atom is -0.480 e. The Labute approximate surface area is 109 Å². The number of carboxylic acids is 1. The van der Waals surface area contributed by atoms with Gasteiger partial charge in [0.25, 0.3) is 0 Å². The molecule has 1 rings (SSSR count). The number of halogens is 1. The summed E-state index contributed by atoms with van der Waals surface area (Å²) in [6.07, 6.45) is 0. The molecule has 104 valence electrons. The van der Waals surface area contributed by atoms with E-state index < -0.39 is 38.5 Å². The highest BCUT2D eigenvalue weighted by Crippen LogP contribution is 2.12. The first-order valence-electron chi connectivity index (χ1n) is 5.23. The largest absolute Gasteiger partial charge is 0.480 e. The number of aliphatic carboxylic acids is 1. The van der Waals surface area contributed by atoms with Gasteiger partial charge >= 0.3 is 5.97 Å². The summed E-state index contributed by atoms with van der Waals surface area (Å²) in [6.45, 7) is 0.966. The average Bonchev–Trinajstić information content (AvgIpc) is 2.30. The minimum absolute atomic E-state index is 0.161. The van der Waals surface area contributed by atoms with Crippen molar-refractivity contribution in [2.75, 3.05) is 11.1 Å². The molecule has 1 atom stereocenters. The zero-order valence-corrected chi connectivity index (χ0v) is 10.8. The molecule has 1 aromatic carbocycles. The van der Waals surface area contributed by atoms with Gasteiger partial charge in [0, 0.05) is 0 Å². The van der Waals surface area contributed by atoms with Gasteiger partial charge in [0.2, 0.25) is 5.91 Å². The maximum Gasteiger partial charge on any atom is 0.321 e. The van der Waals surface area contributed by atoms with Crippen LogP contribution in [0.15, 0.2) is 24.3 Å². The van der Waals surface area contributed by atoms with Crippen molar-refractivity contribution in [3.63, 3.8) is 0 Å². The fraction of sp³-hybridized carbons (Fsp3) is 0.273. The van der Waals surface area contributed by atoms with Crippen molar-refractivity contribution in [2.24, 2.45) is 0 Å². The fourth-order valence-corrected chi connectivity index (χ4v) is 2.21. The summed E-state index contributed by atoms with van der Waals surface area (Å²) < 4.78 is 36.3. The van der Waals surface area contributed by atoms with Gasteiger partial charge in [-0.05, 0) is 19.1 Å². The summed E-state index contributed by atoms with van der Waals surface area (Å²) >= 11 is 0. The van der Waals surface area contributed by atoms with Crippen LogP contribution in [0.2, 0.25) is 0 Å². The molecule has 0 aliphatic rings. The van der Waals surface area contributed by atoms with Crippen molar-refractivity contribution < 1.29 is 27.5 Å². The third kappa shape index (κ3) is 4.02. The predicted octanol–water partition coefficient (Wildman–Crippen LogP) is 0.652. The molecule has 1 aromatic rings. The third-order valence-corrected chi connectivity index (χ3v) is 4.31. The number of hydrogen-bond donors (Lipinski definition) is 2. The number of sulfone groups is 1. The maximum atomic E-state index is 13.2. The van der Waals surface area contributed by atoms with Crippen LogP contribution in [0.5, 0.6) is 0 Å². The van der Waals surface area contributed by atoms with E-state index in [9.17, 15) is 22.4 Å². The van der Waals surface area contributed by atoms with Crippen LogP contribution in [0.1, 0.15) is 6.92 Å². The number of carbonyl (C=O) groups excluding carboxylic acids is 1. The lowest BCUT2D eigenvalue weighted by atomic mass is 10.3. The topological polar surface area (TPSA) is 101 Å². The summed E-state index contributed by atoms with van der Waals surface area (Å²) in [5.74, 6) is -4.26. The molecule has 0 fully saturated rings. The molecule has 0 aromatic heterocycles. The van der Waals surface area contributed by atoms with E-state index in [0.717, 1.165) is 13.0 Å². The van der Waals surface area contributed by atoms with Crippen LogP contribution in [0, 0.1) is 5.82 Å². The van der Waals surface area contributed by atoms with Gasteiger partial charge in [-0.2, -0.15) is 0 Å². The molecule has 0 heterocycles. The predicted molar refractivity (Wildman–Crippen MR) is 65.9 cm³/mol. The number of amides is 1. The Morgan fingerprint density at radius 2 is 1.95 bits per heavy atom. The van der Waals surface area contributed by atoms with Crippen molar-refractivity contribution in [2.45, 2.75) is 12.2 Å². The summed E-state index contributed by atoms with van der Waals surface area (Å²) in [6, 6.07) is 5.24. The second-order valence-corrected chi connectivity index (χ2v) is 6.14. The Balaban J connectivity index is 2.77. The zero-order valence-electron chi connectivity index (χ0n) is 9.96. The molecule has 0 saturated carbocycles. The maximum absolute atomic E-state index is 13.2. The van der Waals surface area contributed by atoms with Crippen LogP contribution in [-0.4, -0.2) is 36.4 Å². The smallest absolute Gasteiger partial charge is 0.321 e. The van der Waals surface area contributed by atoms with Crippen molar-refractivity contribution >= 4 is 27.4 Å². The third-order valence-electron chi connectivity index (χ3n) is 2.37. The monoisotopic (exact) mass is 289 g/mol. The van der Waals surface area contributed by atoms with Crippen LogP contribution < -0.4 is 5.32 Å². The summed E-state index contributed by atoms with van der Waals surface area (Å²) in [5.41, 5.74) is -0.161. The van der Waals surface area contributed by atoms with Gasteiger partial charge in [-0.15, -0.1) is 0 Å². The molecule has 0 saturated heterocycles. The molecule has 8 heteroatoms. The number of nitrogens with one attached hydrogen (secondary N) is 1. The van der Waals surface area contributed by atoms with Crippen LogP contribution in [0.4, 0.5) is 10.1 Å². The number of carboxylic acid groups (broad SMARTS) is 1. The summed E-state index contributed by atoms with van der Waals surface area (Å²) in [4.78, 5) is 22.0. The van der Waals surface area contributed by atoms with E-state index in [1.807, 2.05) is 0 Å². The molecule has 1 unspecified atom stereocenters. The Bertz CT molecular complexity index is 599. The zero-order chi connectivity index (χ0) is 14.6. The highest BCUT2D eigenvalue weighted by Gasteiger charge is 2.30. The Kier molecular flexibility index (Phi) is 4.60. The lowest BCUT2D eigenvalue weighted by Gasteiger charge is -2.09. The molecule has 6 nitrogen and oxygen atoms in total. The molecule has 19 heavy (non-hydrogen) atoms. The normalized spacial score (nSPS) is 12.7. The van der Waals surface area contributed by atoms with E-state index in [1.165, 1.54) is 18.2 Å². The van der Waals surface area contributed by atoms with Gasteiger partial charge in [0.1, 0.15) is 11.6 Å². The Morgan fingerprint density at radius 1 is 1.37 bits per heavy atom. The van der Waals surface area contributed by atoms with Gasteiger partial charge in [-0.3, -0.25) is 9.59 Å². The van der Waals surface area contributed by atoms with Crippen molar-refractivity contribution in [3.05, 3.63) is 30.1 Å². The van der Waals surface area contributed by atoms with E-state index in [-0.39, 0.29) is 5.69 Å². The van der Waals surface area contributed by atoms with Crippen molar-refractivity contribution in [1.82, 2.24) is 0 Å². The SMILES string of the molecule is CC(C(=O)O)S(=O)(=O)CC(=O)Nc1ccccc1F. The number of carbonyl (C=O) groups is 2. The highest BCUT2D eigenvalue weighted by molar-refractivity contribution is 7.93. The van der Waals surface area contributed by atoms with E-state index >= 15 is 0 Å². The highest BCUT2D eigenvalue weighted by atomic mass is 32.2. The Hall–Kier alpha value is -1.96. The van der Waals surface area contributed by atoms with E-state index in [0.29, 0.717) is 0 Å². The van der Waals surface area contributed by atoms with Gasteiger partial charge in [0.05, 0.1) is 5.69 Å². The minimum atomic E-state index is -4.13. The number of para-hydroxylation sites is 1. The fourth-order valence-electron chi connectivity index (χ4n) is 1.21. The molecular formula is C11H12FNO5S. The molecule has 0 bridgehead atoms. The molecule has 1 amide bonds. The first kappa shape index (κ1) is 15.1. The number of anilines is 1.